The van der Waals surface area contributed by atoms with Crippen LogP contribution in [0.3, 0.4) is 0 Å². The van der Waals surface area contributed by atoms with E-state index in [-0.39, 0.29) is 40.8 Å². The van der Waals surface area contributed by atoms with Gasteiger partial charge in [-0.3, -0.25) is 14.5 Å². The number of aliphatic carboxylic acids is 1. The Morgan fingerprint density at radius 1 is 1.14 bits per heavy atom. The first-order valence-electron chi connectivity index (χ1n) is 12.9. The molecule has 2 amide bonds. The third-order valence-corrected chi connectivity index (χ3v) is 9.96. The molecule has 5 heterocycles. The lowest BCUT2D eigenvalue weighted by Gasteiger charge is -2.46. The Balaban J connectivity index is 1.18. The molecule has 0 spiro atoms. The molecule has 0 aromatic carbocycles. The van der Waals surface area contributed by atoms with Crippen molar-refractivity contribution in [2.75, 3.05) is 45.8 Å². The van der Waals surface area contributed by atoms with E-state index in [1.54, 1.807) is 6.92 Å². The summed E-state index contributed by atoms with van der Waals surface area (Å²) in [7, 11) is 0. The number of carboxylic acid groups (broad SMARTS) is 1. The first-order valence-corrected chi connectivity index (χ1v) is 13.8. The smallest absolute Gasteiger partial charge is 0.353 e. The minimum Gasteiger partial charge on any atom is -0.477 e. The number of nitrogens with one attached hydrogen (secondary N) is 2. The van der Waals surface area contributed by atoms with Crippen LogP contribution in [-0.4, -0.2) is 118 Å². The number of rotatable bonds is 6. The summed E-state index contributed by atoms with van der Waals surface area (Å²) in [5.41, 5.74) is 0.0539. The zero-order valence-corrected chi connectivity index (χ0v) is 21.3. The zero-order chi connectivity index (χ0) is 24.9. The topological polar surface area (TPSA) is 125 Å². The van der Waals surface area contributed by atoms with Gasteiger partial charge in [-0.05, 0) is 39.3 Å². The largest absolute Gasteiger partial charge is 0.477 e. The maximum atomic E-state index is 13.2. The van der Waals surface area contributed by atoms with Crippen molar-refractivity contribution < 1.29 is 24.6 Å². The van der Waals surface area contributed by atoms with Crippen molar-refractivity contribution in [3.8, 4) is 0 Å². The van der Waals surface area contributed by atoms with Gasteiger partial charge < -0.3 is 30.6 Å². The van der Waals surface area contributed by atoms with Crippen molar-refractivity contribution in [2.45, 2.75) is 62.6 Å². The van der Waals surface area contributed by atoms with E-state index in [1.807, 2.05) is 11.8 Å². The van der Waals surface area contributed by atoms with E-state index in [0.717, 1.165) is 39.3 Å². The van der Waals surface area contributed by atoms with Gasteiger partial charge >= 0.3 is 5.97 Å². The number of nitrogens with zero attached hydrogens (tertiary/aromatic N) is 3. The number of fused-ring (bicyclic) bond motifs is 1. The number of aliphatic hydroxyl groups excluding tert-OH is 1. The van der Waals surface area contributed by atoms with Gasteiger partial charge in [-0.1, -0.05) is 6.92 Å². The summed E-state index contributed by atoms with van der Waals surface area (Å²) in [6.45, 7) is 9.63. The fourth-order valence-corrected chi connectivity index (χ4v) is 8.02. The molecule has 0 aliphatic carbocycles. The van der Waals surface area contributed by atoms with Gasteiger partial charge in [-0.25, -0.2) is 4.79 Å². The van der Waals surface area contributed by atoms with Gasteiger partial charge in [0.1, 0.15) is 5.70 Å². The highest BCUT2D eigenvalue weighted by molar-refractivity contribution is 8.03. The highest BCUT2D eigenvalue weighted by atomic mass is 32.2. The van der Waals surface area contributed by atoms with Crippen LogP contribution >= 0.6 is 11.8 Å². The molecular weight excluding hydrogens is 470 g/mol. The number of carbonyl (C=O) groups is 3. The van der Waals surface area contributed by atoms with Crippen LogP contribution in [0.25, 0.3) is 0 Å². The monoisotopic (exact) mass is 507 g/mol. The molecule has 5 aliphatic heterocycles. The molecule has 0 aromatic heterocycles. The lowest BCUT2D eigenvalue weighted by molar-refractivity contribution is -0.163. The first kappa shape index (κ1) is 25.0. The average Bonchev–Trinajstić information content (AvgIpc) is 3.41. The molecule has 11 heteroatoms. The van der Waals surface area contributed by atoms with Crippen LogP contribution in [-0.2, 0) is 14.4 Å². The number of hydrogen-bond acceptors (Lipinski definition) is 8. The third-order valence-electron chi connectivity index (χ3n) is 8.44. The van der Waals surface area contributed by atoms with Gasteiger partial charge in [0.05, 0.1) is 24.1 Å². The minimum atomic E-state index is -1.11. The Kier molecular flexibility index (Phi) is 7.15. The van der Waals surface area contributed by atoms with Crippen LogP contribution in [0, 0.1) is 11.8 Å². The molecule has 35 heavy (non-hydrogen) atoms. The Morgan fingerprint density at radius 2 is 1.83 bits per heavy atom. The molecule has 194 valence electrons. The lowest BCUT2D eigenvalue weighted by atomic mass is 9.79. The van der Waals surface area contributed by atoms with Crippen molar-refractivity contribution in [2.24, 2.45) is 11.8 Å². The number of piperazine rings is 1. The fraction of sp³-hybridized carbons (Fsp3) is 0.792. The van der Waals surface area contributed by atoms with E-state index in [9.17, 15) is 24.6 Å². The number of carbonyl (C=O) groups excluding carboxylic acids is 2. The van der Waals surface area contributed by atoms with Gasteiger partial charge in [0.25, 0.3) is 0 Å². The lowest BCUT2D eigenvalue weighted by Crippen LogP contribution is -2.63. The summed E-state index contributed by atoms with van der Waals surface area (Å²) in [5.74, 6) is -1.99. The van der Waals surface area contributed by atoms with Crippen LogP contribution in [0.5, 0.6) is 0 Å². The number of hydrogen-bond donors (Lipinski definition) is 4. The van der Waals surface area contributed by atoms with Gasteiger partial charge in [-0.2, -0.15) is 0 Å². The van der Waals surface area contributed by atoms with E-state index in [0.29, 0.717) is 23.9 Å². The highest BCUT2D eigenvalue weighted by Gasteiger charge is 2.60. The van der Waals surface area contributed by atoms with E-state index in [4.69, 9.17) is 0 Å². The second-order valence-electron chi connectivity index (χ2n) is 10.6. The molecule has 0 radical (unpaired) electrons. The maximum absolute atomic E-state index is 13.2. The second-order valence-corrected chi connectivity index (χ2v) is 11.9. The second kappa shape index (κ2) is 10.0. The van der Waals surface area contributed by atoms with Crippen molar-refractivity contribution >= 4 is 29.5 Å². The molecule has 4 N–H and O–H groups in total. The molecule has 10 nitrogen and oxygen atoms in total. The van der Waals surface area contributed by atoms with Crippen molar-refractivity contribution in [3.63, 3.8) is 0 Å². The first-order chi connectivity index (χ1) is 16.8. The molecule has 4 fully saturated rings. The van der Waals surface area contributed by atoms with E-state index in [2.05, 4.69) is 15.5 Å². The molecule has 4 saturated heterocycles. The standard InChI is InChI=1S/C24H37N5O5S/c1-13-19-18(14(2)30)23(32)29(19)20(24(33)34)21(13)35-16-11-17(26-12-16)22(31)28-9-7-27(8-10-28)15-3-5-25-6-4-15/h13-19,25-26,30H,3-12H2,1-2H3,(H,33,34)/t13-,14-,16+,17+,18-,19-/m1/s1. The van der Waals surface area contributed by atoms with Crippen LogP contribution in [0.4, 0.5) is 0 Å². The normalized spacial score (nSPS) is 35.3. The number of piperidine rings is 1. The summed E-state index contributed by atoms with van der Waals surface area (Å²) in [5, 5.41) is 26.7. The Hall–Kier alpha value is -1.66. The Morgan fingerprint density at radius 3 is 2.46 bits per heavy atom. The summed E-state index contributed by atoms with van der Waals surface area (Å²) < 4.78 is 0. The van der Waals surface area contributed by atoms with E-state index < -0.39 is 18.0 Å². The molecule has 5 rings (SSSR count). The SMILES string of the molecule is C[C@@H](O)[C@H]1C(=O)N2C(C(=O)O)=C(S[C@@H]3CN[C@H](C(=O)N4CCN(C5CCNCC5)CC4)C3)[C@H](C)[C@H]12. The zero-order valence-electron chi connectivity index (χ0n) is 20.5. The molecule has 0 bridgehead atoms. The van der Waals surface area contributed by atoms with E-state index >= 15 is 0 Å². The van der Waals surface area contributed by atoms with Gasteiger partial charge in [0.2, 0.25) is 11.8 Å². The van der Waals surface area contributed by atoms with Gasteiger partial charge in [0.15, 0.2) is 0 Å². The maximum Gasteiger partial charge on any atom is 0.353 e. The van der Waals surface area contributed by atoms with Crippen LogP contribution in [0.1, 0.15) is 33.1 Å². The van der Waals surface area contributed by atoms with Crippen molar-refractivity contribution in [1.82, 2.24) is 25.3 Å². The predicted octanol–water partition coefficient (Wildman–Crippen LogP) is -0.500. The van der Waals surface area contributed by atoms with E-state index in [1.165, 1.54) is 29.5 Å². The molecular formula is C24H37N5O5S. The fourth-order valence-electron chi connectivity index (χ4n) is 6.54. The third kappa shape index (κ3) is 4.50. The quantitative estimate of drug-likeness (QED) is 0.352. The summed E-state index contributed by atoms with van der Waals surface area (Å²) >= 11 is 1.49. The number of carboxylic acids is 1. The van der Waals surface area contributed by atoms with Crippen LogP contribution in [0.2, 0.25) is 0 Å². The Bertz CT molecular complexity index is 899. The molecule has 0 saturated carbocycles. The van der Waals surface area contributed by atoms with Crippen LogP contribution < -0.4 is 10.6 Å². The highest BCUT2D eigenvalue weighted by Crippen LogP contribution is 2.51. The molecule has 0 unspecified atom stereocenters. The van der Waals surface area contributed by atoms with Crippen molar-refractivity contribution in [1.29, 1.82) is 0 Å². The predicted molar refractivity (Wildman–Crippen MR) is 131 cm³/mol. The summed E-state index contributed by atoms with van der Waals surface area (Å²) in [4.78, 5) is 44.4. The van der Waals surface area contributed by atoms with Gasteiger partial charge in [-0.15, -0.1) is 11.8 Å². The molecule has 0 aromatic rings. The number of thioether (sulfide) groups is 1. The number of aliphatic hydroxyl groups is 1. The summed E-state index contributed by atoms with van der Waals surface area (Å²) in [6, 6.07) is 0.0573. The molecule has 6 atom stereocenters. The van der Waals surface area contributed by atoms with Crippen LogP contribution in [0.15, 0.2) is 10.6 Å². The average molecular weight is 508 g/mol. The van der Waals surface area contributed by atoms with Gasteiger partial charge in [0, 0.05) is 54.8 Å². The summed E-state index contributed by atoms with van der Waals surface area (Å²) in [6.07, 6.45) is 2.17. The number of amides is 2. The minimum absolute atomic E-state index is 0.0539. The Labute approximate surface area is 210 Å². The number of β-lactam (4-membered cyclic amide) rings is 1. The van der Waals surface area contributed by atoms with Crippen molar-refractivity contribution in [3.05, 3.63) is 10.6 Å². The molecule has 5 aliphatic rings.